The van der Waals surface area contributed by atoms with Crippen molar-refractivity contribution < 1.29 is 19.4 Å². The maximum Gasteiger partial charge on any atom is 0.335 e. The molecule has 0 spiro atoms. The van der Waals surface area contributed by atoms with Crippen molar-refractivity contribution in [2.75, 3.05) is 22.9 Å². The van der Waals surface area contributed by atoms with Crippen LogP contribution in [0.3, 0.4) is 0 Å². The molecular weight excluding hydrogens is 561 g/mol. The Bertz CT molecular complexity index is 1620. The van der Waals surface area contributed by atoms with Gasteiger partial charge in [-0.25, -0.2) is 9.78 Å². The van der Waals surface area contributed by atoms with E-state index in [4.69, 9.17) is 33.0 Å². The molecule has 1 saturated carbocycles. The first-order chi connectivity index (χ1) is 19.9. The highest BCUT2D eigenvalue weighted by atomic mass is 35.5. The lowest BCUT2D eigenvalue weighted by atomic mass is 10.0. The van der Waals surface area contributed by atoms with Crippen molar-refractivity contribution in [2.24, 2.45) is 0 Å². The number of aromatic nitrogens is 1. The van der Waals surface area contributed by atoms with Gasteiger partial charge in [-0.15, -0.1) is 0 Å². The highest BCUT2D eigenvalue weighted by Gasteiger charge is 2.36. The summed E-state index contributed by atoms with van der Waals surface area (Å²) in [5.74, 6) is -0.689. The minimum atomic E-state index is -0.958. The first-order valence-electron chi connectivity index (χ1n) is 13.5. The van der Waals surface area contributed by atoms with E-state index in [2.05, 4.69) is 16.0 Å². The van der Waals surface area contributed by atoms with Crippen LogP contribution in [0.5, 0.6) is 11.6 Å². The van der Waals surface area contributed by atoms with Crippen molar-refractivity contribution in [3.8, 4) is 11.6 Å². The molecule has 7 nitrogen and oxygen atoms in total. The highest BCUT2D eigenvalue weighted by Crippen LogP contribution is 2.41. The summed E-state index contributed by atoms with van der Waals surface area (Å²) in [7, 11) is 0. The van der Waals surface area contributed by atoms with Gasteiger partial charge in [-0.3, -0.25) is 4.79 Å². The number of hydrogen-bond acceptors (Lipinski definition) is 5. The second kappa shape index (κ2) is 11.4. The zero-order chi connectivity index (χ0) is 28.5. The van der Waals surface area contributed by atoms with Crippen LogP contribution in [0.1, 0.15) is 44.7 Å². The molecule has 0 radical (unpaired) electrons. The number of fused-ring (bicyclic) bond motifs is 1. The molecule has 0 unspecified atom stereocenters. The monoisotopic (exact) mass is 587 g/mol. The molecule has 2 heterocycles. The van der Waals surface area contributed by atoms with Crippen LogP contribution in [0.15, 0.2) is 79.0 Å². The summed E-state index contributed by atoms with van der Waals surface area (Å²) in [6.07, 6.45) is 5.20. The van der Waals surface area contributed by atoms with E-state index in [0.29, 0.717) is 46.8 Å². The number of pyridine rings is 1. The van der Waals surface area contributed by atoms with Crippen LogP contribution in [0.25, 0.3) is 0 Å². The molecule has 3 aromatic carbocycles. The molecule has 41 heavy (non-hydrogen) atoms. The van der Waals surface area contributed by atoms with E-state index in [-0.39, 0.29) is 17.4 Å². The molecule has 2 aliphatic rings. The lowest BCUT2D eigenvalue weighted by molar-refractivity contribution is 0.0696. The molecule has 9 heteroatoms. The molecule has 1 amide bonds. The SMILES string of the molecule is O=C(O)c1ccc(CCc2cc(Cl)c(Oc3ncccc3C(=O)N3CCN(C4CC4)c4ccccc43)cc2Cl)cc1. The van der Waals surface area contributed by atoms with E-state index >= 15 is 0 Å². The van der Waals surface area contributed by atoms with Crippen LogP contribution in [0.4, 0.5) is 11.4 Å². The first kappa shape index (κ1) is 27.1. The lowest BCUT2D eigenvalue weighted by Crippen LogP contribution is -2.45. The van der Waals surface area contributed by atoms with Crippen molar-refractivity contribution in [3.63, 3.8) is 0 Å². The number of carbonyl (C=O) groups excluding carboxylic acids is 1. The number of hydrogen-bond donors (Lipinski definition) is 1. The Kier molecular flexibility index (Phi) is 7.56. The number of amides is 1. The smallest absolute Gasteiger partial charge is 0.335 e. The van der Waals surface area contributed by atoms with Crippen molar-refractivity contribution >= 4 is 46.5 Å². The van der Waals surface area contributed by atoms with Gasteiger partial charge in [0.25, 0.3) is 5.91 Å². The fourth-order valence-electron chi connectivity index (χ4n) is 5.18. The van der Waals surface area contributed by atoms with Crippen LogP contribution in [0, 0.1) is 0 Å². The standard InChI is InChI=1S/C32H27Cl2N3O4/c33-25-19-29(26(34)18-22(25)12-9-20-7-10-21(11-8-20)32(39)40)41-30-24(4-3-15-35-30)31(38)37-17-16-36(23-13-14-23)27-5-1-2-6-28(27)37/h1-8,10-11,15,18-19,23H,9,12-14,16-17H2,(H,39,40). The van der Waals surface area contributed by atoms with Crippen LogP contribution < -0.4 is 14.5 Å². The van der Waals surface area contributed by atoms with E-state index in [1.807, 2.05) is 18.2 Å². The molecule has 0 atom stereocenters. The maximum absolute atomic E-state index is 13.8. The van der Waals surface area contributed by atoms with Gasteiger partial charge in [0.1, 0.15) is 11.3 Å². The van der Waals surface area contributed by atoms with Gasteiger partial charge in [0.2, 0.25) is 5.88 Å². The number of halogens is 2. The number of benzene rings is 3. The molecule has 1 fully saturated rings. The number of carboxylic acid groups (broad SMARTS) is 1. The molecule has 0 bridgehead atoms. The largest absolute Gasteiger partial charge is 0.478 e. The summed E-state index contributed by atoms with van der Waals surface area (Å²) < 4.78 is 6.10. The fourth-order valence-corrected chi connectivity index (χ4v) is 5.65. The third-order valence-corrected chi connectivity index (χ3v) is 8.12. The summed E-state index contributed by atoms with van der Waals surface area (Å²) >= 11 is 13.2. The predicted octanol–water partition coefficient (Wildman–Crippen LogP) is 7.29. The number of rotatable bonds is 8. The van der Waals surface area contributed by atoms with Gasteiger partial charge in [0, 0.05) is 36.4 Å². The summed E-state index contributed by atoms with van der Waals surface area (Å²) in [5, 5.41) is 9.91. The first-order valence-corrected chi connectivity index (χ1v) is 14.2. The van der Waals surface area contributed by atoms with Gasteiger partial charge >= 0.3 is 5.97 Å². The zero-order valence-electron chi connectivity index (χ0n) is 22.1. The fraction of sp³-hybridized carbons (Fsp3) is 0.219. The quantitative estimate of drug-likeness (QED) is 0.233. The number of aromatic carboxylic acids is 1. The Labute approximate surface area is 247 Å². The average molecular weight is 588 g/mol. The van der Waals surface area contributed by atoms with Crippen LogP contribution in [-0.2, 0) is 12.8 Å². The average Bonchev–Trinajstić information content (AvgIpc) is 3.83. The van der Waals surface area contributed by atoms with Gasteiger partial charge in [0.05, 0.1) is 22.0 Å². The molecule has 1 aliphatic carbocycles. The number of para-hydroxylation sites is 2. The summed E-state index contributed by atoms with van der Waals surface area (Å²) in [6.45, 7) is 1.34. The van der Waals surface area contributed by atoms with Gasteiger partial charge in [-0.1, -0.05) is 47.5 Å². The Hall–Kier alpha value is -4.07. The summed E-state index contributed by atoms with van der Waals surface area (Å²) in [6, 6.07) is 22.1. The van der Waals surface area contributed by atoms with E-state index in [0.717, 1.165) is 29.0 Å². The Morgan fingerprint density at radius 2 is 1.66 bits per heavy atom. The number of anilines is 2. The summed E-state index contributed by atoms with van der Waals surface area (Å²) in [5.41, 5.74) is 4.35. The Morgan fingerprint density at radius 1 is 0.902 bits per heavy atom. The number of aryl methyl sites for hydroxylation is 2. The molecule has 6 rings (SSSR count). The molecular formula is C32H27Cl2N3O4. The molecule has 208 valence electrons. The zero-order valence-corrected chi connectivity index (χ0v) is 23.6. The third-order valence-electron chi connectivity index (χ3n) is 7.47. The second-order valence-corrected chi connectivity index (χ2v) is 11.0. The normalized spacial score (nSPS) is 14.5. The molecule has 4 aromatic rings. The Morgan fingerprint density at radius 3 is 2.39 bits per heavy atom. The molecule has 1 N–H and O–H groups in total. The van der Waals surface area contributed by atoms with E-state index in [1.165, 1.54) is 12.8 Å². The number of ether oxygens (including phenoxy) is 1. The number of carboxylic acids is 1. The van der Waals surface area contributed by atoms with Gasteiger partial charge < -0.3 is 19.6 Å². The lowest BCUT2D eigenvalue weighted by Gasteiger charge is -2.38. The minimum Gasteiger partial charge on any atom is -0.478 e. The third kappa shape index (κ3) is 5.73. The van der Waals surface area contributed by atoms with Crippen LogP contribution >= 0.6 is 23.2 Å². The molecule has 1 aliphatic heterocycles. The van der Waals surface area contributed by atoms with Crippen LogP contribution in [0.2, 0.25) is 10.0 Å². The van der Waals surface area contributed by atoms with Gasteiger partial charge in [0.15, 0.2) is 0 Å². The van der Waals surface area contributed by atoms with Crippen molar-refractivity contribution in [1.82, 2.24) is 4.98 Å². The topological polar surface area (TPSA) is 83.0 Å². The predicted molar refractivity (Wildman–Crippen MR) is 160 cm³/mol. The number of carbonyl (C=O) groups is 2. The molecule has 1 aromatic heterocycles. The highest BCUT2D eigenvalue weighted by molar-refractivity contribution is 6.34. The van der Waals surface area contributed by atoms with E-state index in [9.17, 15) is 9.59 Å². The summed E-state index contributed by atoms with van der Waals surface area (Å²) in [4.78, 5) is 33.5. The number of nitrogens with zero attached hydrogens (tertiary/aromatic N) is 3. The van der Waals surface area contributed by atoms with E-state index in [1.54, 1.807) is 59.6 Å². The second-order valence-electron chi connectivity index (χ2n) is 10.2. The van der Waals surface area contributed by atoms with Gasteiger partial charge in [-0.2, -0.15) is 0 Å². The minimum absolute atomic E-state index is 0.156. The van der Waals surface area contributed by atoms with Crippen molar-refractivity contribution in [1.29, 1.82) is 0 Å². The molecule has 0 saturated heterocycles. The van der Waals surface area contributed by atoms with E-state index < -0.39 is 5.97 Å². The van der Waals surface area contributed by atoms with Crippen molar-refractivity contribution in [2.45, 2.75) is 31.7 Å². The van der Waals surface area contributed by atoms with Crippen molar-refractivity contribution in [3.05, 3.63) is 111 Å². The van der Waals surface area contributed by atoms with Gasteiger partial charge in [-0.05, 0) is 79.3 Å². The van der Waals surface area contributed by atoms with Crippen LogP contribution in [-0.4, -0.2) is 41.1 Å². The maximum atomic E-state index is 13.8. The Balaban J connectivity index is 1.20.